The Bertz CT molecular complexity index is 1480. The van der Waals surface area contributed by atoms with Gasteiger partial charge in [-0.15, -0.1) is 11.8 Å². The number of hydrogen-bond acceptors (Lipinski definition) is 5. The first-order chi connectivity index (χ1) is 18.8. The van der Waals surface area contributed by atoms with E-state index in [1.165, 1.54) is 24.1 Å². The van der Waals surface area contributed by atoms with Gasteiger partial charge in [0.25, 0.3) is 11.8 Å². The van der Waals surface area contributed by atoms with Crippen molar-refractivity contribution >= 4 is 46.9 Å². The molecule has 4 rings (SSSR count). The van der Waals surface area contributed by atoms with Crippen LogP contribution in [0.15, 0.2) is 106 Å². The van der Waals surface area contributed by atoms with Crippen LogP contribution in [0.2, 0.25) is 0 Å². The van der Waals surface area contributed by atoms with E-state index in [4.69, 9.17) is 4.42 Å². The fraction of sp³-hybridized carbons (Fsp3) is 0.129. The van der Waals surface area contributed by atoms with Gasteiger partial charge in [-0.2, -0.15) is 0 Å². The van der Waals surface area contributed by atoms with Crippen molar-refractivity contribution < 1.29 is 18.8 Å². The van der Waals surface area contributed by atoms with E-state index >= 15 is 0 Å². The molecular weight excluding hydrogens is 510 g/mol. The Hall–Kier alpha value is -4.56. The summed E-state index contributed by atoms with van der Waals surface area (Å²) in [6.45, 7) is 5.84. The highest BCUT2D eigenvalue weighted by molar-refractivity contribution is 8.00. The molecule has 8 heteroatoms. The Labute approximate surface area is 231 Å². The van der Waals surface area contributed by atoms with E-state index in [1.54, 1.807) is 48.5 Å². The number of amides is 3. The van der Waals surface area contributed by atoms with E-state index in [-0.39, 0.29) is 16.9 Å². The largest absolute Gasteiger partial charge is 0.465 e. The van der Waals surface area contributed by atoms with Gasteiger partial charge in [-0.3, -0.25) is 14.4 Å². The summed E-state index contributed by atoms with van der Waals surface area (Å²) in [5, 5.41) is 8.15. The molecule has 3 N–H and O–H groups in total. The lowest BCUT2D eigenvalue weighted by Gasteiger charge is -2.15. The molecule has 1 unspecified atom stereocenters. The lowest BCUT2D eigenvalue weighted by Crippen LogP contribution is -2.30. The standard InChI is InChI=1S/C31H29N3O4S/c1-20-9-7-13-27(21(20)2)33-29(35)22(3)39-26-16-14-24(15-17-26)32-31(37)28(19-25-12-8-18-38-25)34-30(36)23-10-5-4-6-11-23/h4-19,22H,1-3H3,(H,32,37)(H,33,35)(H,34,36)/b28-19-. The summed E-state index contributed by atoms with van der Waals surface area (Å²) in [5.74, 6) is -0.581. The van der Waals surface area contributed by atoms with Gasteiger partial charge in [0.1, 0.15) is 11.5 Å². The molecular formula is C31H29N3O4S. The number of thioether (sulfide) groups is 1. The number of carbonyl (C=O) groups is 3. The van der Waals surface area contributed by atoms with Gasteiger partial charge < -0.3 is 20.4 Å². The highest BCUT2D eigenvalue weighted by Crippen LogP contribution is 2.27. The predicted molar refractivity (Wildman–Crippen MR) is 156 cm³/mol. The zero-order valence-electron chi connectivity index (χ0n) is 21.9. The summed E-state index contributed by atoms with van der Waals surface area (Å²) in [4.78, 5) is 39.4. The average Bonchev–Trinajstić information content (AvgIpc) is 3.45. The number of nitrogens with one attached hydrogen (secondary N) is 3. The Morgan fingerprint density at radius 1 is 0.846 bits per heavy atom. The van der Waals surface area contributed by atoms with Crippen molar-refractivity contribution in [1.82, 2.24) is 5.32 Å². The number of anilines is 2. The van der Waals surface area contributed by atoms with Crippen LogP contribution < -0.4 is 16.0 Å². The fourth-order valence-electron chi connectivity index (χ4n) is 3.65. The van der Waals surface area contributed by atoms with E-state index in [2.05, 4.69) is 16.0 Å². The van der Waals surface area contributed by atoms with E-state index < -0.39 is 11.8 Å². The minimum Gasteiger partial charge on any atom is -0.465 e. The average molecular weight is 540 g/mol. The maximum atomic E-state index is 13.1. The Morgan fingerprint density at radius 2 is 1.59 bits per heavy atom. The van der Waals surface area contributed by atoms with Crippen LogP contribution >= 0.6 is 11.8 Å². The van der Waals surface area contributed by atoms with E-state index in [1.807, 2.05) is 57.2 Å². The molecule has 0 saturated heterocycles. The molecule has 3 amide bonds. The van der Waals surface area contributed by atoms with Crippen molar-refractivity contribution in [3.63, 3.8) is 0 Å². The molecule has 39 heavy (non-hydrogen) atoms. The second-order valence-electron chi connectivity index (χ2n) is 8.87. The van der Waals surface area contributed by atoms with Crippen LogP contribution in [0.25, 0.3) is 6.08 Å². The van der Waals surface area contributed by atoms with Crippen molar-refractivity contribution in [3.05, 3.63) is 119 Å². The molecule has 7 nitrogen and oxygen atoms in total. The number of rotatable bonds is 9. The van der Waals surface area contributed by atoms with Gasteiger partial charge in [0.15, 0.2) is 0 Å². The third-order valence-electron chi connectivity index (χ3n) is 6.02. The fourth-order valence-corrected chi connectivity index (χ4v) is 4.52. The van der Waals surface area contributed by atoms with Crippen molar-refractivity contribution in [2.45, 2.75) is 30.9 Å². The van der Waals surface area contributed by atoms with Gasteiger partial charge in [-0.1, -0.05) is 30.3 Å². The predicted octanol–water partition coefficient (Wildman–Crippen LogP) is 6.43. The molecule has 0 spiro atoms. The summed E-state index contributed by atoms with van der Waals surface area (Å²) in [6, 6.07) is 25.0. The highest BCUT2D eigenvalue weighted by atomic mass is 32.2. The molecule has 1 aromatic heterocycles. The summed E-state index contributed by atoms with van der Waals surface area (Å²) in [6.07, 6.45) is 2.96. The van der Waals surface area contributed by atoms with Gasteiger partial charge in [-0.05, 0) is 86.5 Å². The maximum Gasteiger partial charge on any atom is 0.272 e. The first-order valence-electron chi connectivity index (χ1n) is 12.4. The third-order valence-corrected chi connectivity index (χ3v) is 7.13. The molecule has 0 aliphatic heterocycles. The summed E-state index contributed by atoms with van der Waals surface area (Å²) in [5.41, 5.74) is 3.97. The van der Waals surface area contributed by atoms with Crippen molar-refractivity contribution in [1.29, 1.82) is 0 Å². The topological polar surface area (TPSA) is 100 Å². The van der Waals surface area contributed by atoms with E-state index in [0.29, 0.717) is 17.0 Å². The number of benzene rings is 3. The second-order valence-corrected chi connectivity index (χ2v) is 10.3. The Kier molecular flexibility index (Phi) is 9.01. The first-order valence-corrected chi connectivity index (χ1v) is 13.2. The van der Waals surface area contributed by atoms with Gasteiger partial charge in [-0.25, -0.2) is 0 Å². The summed E-state index contributed by atoms with van der Waals surface area (Å²) >= 11 is 1.42. The van der Waals surface area contributed by atoms with E-state index in [9.17, 15) is 14.4 Å². The molecule has 1 heterocycles. The molecule has 0 aliphatic rings. The zero-order chi connectivity index (χ0) is 27.8. The quantitative estimate of drug-likeness (QED) is 0.168. The molecule has 0 aliphatic carbocycles. The molecule has 0 fully saturated rings. The van der Waals surface area contributed by atoms with E-state index in [0.717, 1.165) is 21.7 Å². The van der Waals surface area contributed by atoms with Crippen LogP contribution in [0.1, 0.15) is 34.2 Å². The number of aryl methyl sites for hydroxylation is 1. The normalized spacial score (nSPS) is 11.9. The van der Waals surface area contributed by atoms with Crippen LogP contribution in [-0.2, 0) is 9.59 Å². The van der Waals surface area contributed by atoms with Crippen molar-refractivity contribution in [2.24, 2.45) is 0 Å². The SMILES string of the molecule is Cc1cccc(NC(=O)C(C)Sc2ccc(NC(=O)/C(=C/c3ccco3)NC(=O)c3ccccc3)cc2)c1C. The molecule has 198 valence electrons. The highest BCUT2D eigenvalue weighted by Gasteiger charge is 2.18. The number of furan rings is 1. The lowest BCUT2D eigenvalue weighted by atomic mass is 10.1. The monoisotopic (exact) mass is 539 g/mol. The third kappa shape index (κ3) is 7.49. The zero-order valence-corrected chi connectivity index (χ0v) is 22.7. The van der Waals surface area contributed by atoms with Crippen molar-refractivity contribution in [2.75, 3.05) is 10.6 Å². The minimum atomic E-state index is -0.502. The molecule has 1 atom stereocenters. The van der Waals surface area contributed by atoms with Crippen LogP contribution in [0.5, 0.6) is 0 Å². The van der Waals surface area contributed by atoms with Crippen LogP contribution in [0.4, 0.5) is 11.4 Å². The van der Waals surface area contributed by atoms with Crippen LogP contribution in [0, 0.1) is 13.8 Å². The molecule has 3 aromatic carbocycles. The smallest absolute Gasteiger partial charge is 0.272 e. The lowest BCUT2D eigenvalue weighted by molar-refractivity contribution is -0.115. The molecule has 0 bridgehead atoms. The summed E-state index contributed by atoms with van der Waals surface area (Å²) < 4.78 is 5.33. The Balaban J connectivity index is 1.40. The second kappa shape index (κ2) is 12.8. The molecule has 0 saturated carbocycles. The van der Waals surface area contributed by atoms with Gasteiger partial charge in [0, 0.05) is 27.9 Å². The number of carbonyl (C=O) groups excluding carboxylic acids is 3. The van der Waals surface area contributed by atoms with Gasteiger partial charge >= 0.3 is 0 Å². The van der Waals surface area contributed by atoms with Crippen LogP contribution in [-0.4, -0.2) is 23.0 Å². The van der Waals surface area contributed by atoms with Gasteiger partial charge in [0.2, 0.25) is 5.91 Å². The summed E-state index contributed by atoms with van der Waals surface area (Å²) in [7, 11) is 0. The van der Waals surface area contributed by atoms with Crippen molar-refractivity contribution in [3.8, 4) is 0 Å². The first kappa shape index (κ1) is 27.5. The molecule has 4 aromatic rings. The van der Waals surface area contributed by atoms with Gasteiger partial charge in [0.05, 0.1) is 11.5 Å². The Morgan fingerprint density at radius 3 is 2.28 bits per heavy atom. The maximum absolute atomic E-state index is 13.1. The number of hydrogen-bond donors (Lipinski definition) is 3. The minimum absolute atomic E-state index is 0.0361. The molecule has 0 radical (unpaired) electrons. The van der Waals surface area contributed by atoms with Crippen LogP contribution in [0.3, 0.4) is 0 Å².